The molecule has 2 rings (SSSR count). The van der Waals surface area contributed by atoms with Gasteiger partial charge in [0.1, 0.15) is 11.6 Å². The zero-order chi connectivity index (χ0) is 24.1. The van der Waals surface area contributed by atoms with Gasteiger partial charge in [0.2, 0.25) is 0 Å². The molecule has 1 aromatic heterocycles. The van der Waals surface area contributed by atoms with Crippen LogP contribution in [0.3, 0.4) is 0 Å². The number of phenolic OH excluding ortho intramolecular Hbond substituents is 1. The number of aromatic hydroxyl groups is 1. The summed E-state index contributed by atoms with van der Waals surface area (Å²) in [5.41, 5.74) is 4.17. The molecule has 1 atom stereocenters. The highest BCUT2D eigenvalue weighted by Crippen LogP contribution is 2.58. The van der Waals surface area contributed by atoms with Crippen molar-refractivity contribution < 1.29 is 23.6 Å². The highest BCUT2D eigenvalue weighted by molar-refractivity contribution is 7.58. The Hall–Kier alpha value is -2.54. The molecule has 0 bridgehead atoms. The van der Waals surface area contributed by atoms with Gasteiger partial charge in [-0.1, -0.05) is 39.8 Å². The number of benzene rings is 1. The van der Waals surface area contributed by atoms with E-state index < -0.39 is 7.60 Å². The van der Waals surface area contributed by atoms with Crippen LogP contribution in [0.25, 0.3) is 0 Å². The zero-order valence-electron chi connectivity index (χ0n) is 20.0. The van der Waals surface area contributed by atoms with Gasteiger partial charge in [0.15, 0.2) is 11.5 Å². The van der Waals surface area contributed by atoms with E-state index in [-0.39, 0.29) is 29.1 Å². The first kappa shape index (κ1) is 25.7. The van der Waals surface area contributed by atoms with Gasteiger partial charge in [-0.3, -0.25) is 5.01 Å². The number of phenols is 1. The summed E-state index contributed by atoms with van der Waals surface area (Å²) in [4.78, 5) is 4.33. The quantitative estimate of drug-likeness (QED) is 0.340. The third-order valence-corrected chi connectivity index (χ3v) is 6.76. The third kappa shape index (κ3) is 6.25. The minimum absolute atomic E-state index is 0.000826. The third-order valence-electron chi connectivity index (χ3n) is 4.69. The molecule has 0 spiro atoms. The molecule has 1 unspecified atom stereocenters. The topological polar surface area (TPSA) is 93.2 Å². The highest BCUT2D eigenvalue weighted by Gasteiger charge is 2.36. The molecule has 0 fully saturated rings. The van der Waals surface area contributed by atoms with E-state index >= 15 is 0 Å². The van der Waals surface area contributed by atoms with Crippen LogP contribution in [0.4, 0.5) is 5.82 Å². The Balaban J connectivity index is 2.45. The number of methoxy groups -OCH3 is 1. The largest absolute Gasteiger partial charge is 0.504 e. The molecule has 0 saturated heterocycles. The van der Waals surface area contributed by atoms with Crippen LogP contribution in [0.15, 0.2) is 41.9 Å². The standard InChI is InChI=1S/C23H34N3O5P/c1-15(2)12-21(16(3)4)32(28,30-19-13-18(6)22(27)20(14-19)29-8)31-25-26(7)23-17(5)10-9-11-24-23/h9-16,25,27H,1-8H3/b21-12+. The molecule has 0 amide bonds. The van der Waals surface area contributed by atoms with Crippen LogP contribution in [0, 0.1) is 25.7 Å². The van der Waals surface area contributed by atoms with Crippen molar-refractivity contribution in [3.05, 3.63) is 53.0 Å². The Labute approximate surface area is 190 Å². The fraction of sp³-hybridized carbons (Fsp3) is 0.435. The van der Waals surface area contributed by atoms with Gasteiger partial charge in [0, 0.05) is 19.3 Å². The normalized spacial score (nSPS) is 13.9. The lowest BCUT2D eigenvalue weighted by Crippen LogP contribution is -2.35. The second kappa shape index (κ2) is 10.9. The maximum atomic E-state index is 14.2. The van der Waals surface area contributed by atoms with Crippen molar-refractivity contribution in [3.63, 3.8) is 0 Å². The van der Waals surface area contributed by atoms with Crippen molar-refractivity contribution in [2.24, 2.45) is 11.8 Å². The summed E-state index contributed by atoms with van der Waals surface area (Å²) in [5.74, 6) is 1.13. The number of hydrogen-bond acceptors (Lipinski definition) is 8. The Morgan fingerprint density at radius 1 is 1.22 bits per heavy atom. The number of rotatable bonds is 10. The first-order chi connectivity index (χ1) is 15.0. The predicted octanol–water partition coefficient (Wildman–Crippen LogP) is 5.75. The number of aryl methyl sites for hydroxylation is 2. The molecule has 2 N–H and O–H groups in total. The van der Waals surface area contributed by atoms with E-state index in [1.165, 1.54) is 13.2 Å². The molecule has 0 aliphatic carbocycles. The Morgan fingerprint density at radius 3 is 2.47 bits per heavy atom. The van der Waals surface area contributed by atoms with E-state index in [0.717, 1.165) is 5.56 Å². The van der Waals surface area contributed by atoms with Gasteiger partial charge in [-0.05, 0) is 48.9 Å². The summed E-state index contributed by atoms with van der Waals surface area (Å²) in [5, 5.41) is 12.2. The molecule has 8 nitrogen and oxygen atoms in total. The van der Waals surface area contributed by atoms with Crippen molar-refractivity contribution in [3.8, 4) is 17.2 Å². The molecule has 2 aromatic rings. The lowest BCUT2D eigenvalue weighted by molar-refractivity contribution is 0.166. The fourth-order valence-corrected chi connectivity index (χ4v) is 5.09. The highest BCUT2D eigenvalue weighted by atomic mass is 31.2. The van der Waals surface area contributed by atoms with Crippen LogP contribution in [0.2, 0.25) is 0 Å². The van der Waals surface area contributed by atoms with E-state index in [2.05, 4.69) is 10.6 Å². The predicted molar refractivity (Wildman–Crippen MR) is 127 cm³/mol. The second-order valence-corrected chi connectivity index (χ2v) is 10.1. The van der Waals surface area contributed by atoms with E-state index in [0.29, 0.717) is 16.7 Å². The number of hydrogen-bond donors (Lipinski definition) is 2. The van der Waals surface area contributed by atoms with Gasteiger partial charge in [0.25, 0.3) is 0 Å². The van der Waals surface area contributed by atoms with Crippen LogP contribution in [-0.4, -0.2) is 24.2 Å². The first-order valence-corrected chi connectivity index (χ1v) is 12.0. The number of ether oxygens (including phenoxy) is 1. The van der Waals surface area contributed by atoms with Crippen molar-refractivity contribution >= 4 is 13.4 Å². The van der Waals surface area contributed by atoms with Gasteiger partial charge in [0.05, 0.1) is 12.4 Å². The Morgan fingerprint density at radius 2 is 1.91 bits per heavy atom. The number of nitrogens with zero attached hydrogens (tertiary/aromatic N) is 2. The Bertz CT molecular complexity index is 1010. The monoisotopic (exact) mass is 463 g/mol. The Kier molecular flexibility index (Phi) is 8.73. The molecule has 9 heteroatoms. The molecular formula is C23H34N3O5P. The van der Waals surface area contributed by atoms with Crippen LogP contribution >= 0.6 is 7.60 Å². The summed E-state index contributed by atoms with van der Waals surface area (Å²) in [6.07, 6.45) is 3.56. The summed E-state index contributed by atoms with van der Waals surface area (Å²) in [6, 6.07) is 6.83. The molecule has 176 valence electrons. The number of hydrazine groups is 1. The lowest BCUT2D eigenvalue weighted by Gasteiger charge is -2.28. The average Bonchev–Trinajstić information content (AvgIpc) is 2.72. The maximum absolute atomic E-state index is 14.2. The maximum Gasteiger partial charge on any atom is 0.424 e. The molecule has 0 radical (unpaired) electrons. The van der Waals surface area contributed by atoms with Crippen LogP contribution < -0.4 is 19.9 Å². The van der Waals surface area contributed by atoms with Crippen molar-refractivity contribution in [1.29, 1.82) is 0 Å². The van der Waals surface area contributed by atoms with Crippen molar-refractivity contribution in [1.82, 2.24) is 10.6 Å². The minimum Gasteiger partial charge on any atom is -0.504 e. The fourth-order valence-electron chi connectivity index (χ4n) is 3.11. The molecule has 0 saturated carbocycles. The van der Waals surface area contributed by atoms with E-state index in [1.54, 1.807) is 31.2 Å². The second-order valence-electron chi connectivity index (χ2n) is 8.26. The molecule has 1 heterocycles. The molecule has 1 aromatic carbocycles. The summed E-state index contributed by atoms with van der Waals surface area (Å²) in [7, 11) is -0.713. The molecule has 32 heavy (non-hydrogen) atoms. The van der Waals surface area contributed by atoms with Crippen LogP contribution in [0.5, 0.6) is 17.2 Å². The molecular weight excluding hydrogens is 429 g/mol. The van der Waals surface area contributed by atoms with Crippen LogP contribution in [-0.2, 0) is 9.19 Å². The minimum atomic E-state index is -3.87. The van der Waals surface area contributed by atoms with E-state index in [9.17, 15) is 9.67 Å². The number of aromatic nitrogens is 1. The smallest absolute Gasteiger partial charge is 0.424 e. The lowest BCUT2D eigenvalue weighted by atomic mass is 10.1. The average molecular weight is 464 g/mol. The van der Waals surface area contributed by atoms with Crippen molar-refractivity contribution in [2.45, 2.75) is 41.5 Å². The summed E-state index contributed by atoms with van der Waals surface area (Å²) in [6.45, 7) is 11.5. The van der Waals surface area contributed by atoms with Crippen LogP contribution in [0.1, 0.15) is 38.8 Å². The van der Waals surface area contributed by atoms with Gasteiger partial charge >= 0.3 is 7.60 Å². The van der Waals surface area contributed by atoms with Gasteiger partial charge in [-0.15, -0.1) is 5.59 Å². The SMILES string of the molecule is COc1cc(OP(=O)(ONN(C)c2ncccc2C)/C(=C/C(C)C)C(C)C)cc(C)c1O. The van der Waals surface area contributed by atoms with E-state index in [1.807, 2.05) is 52.8 Å². The molecule has 0 aliphatic heterocycles. The zero-order valence-corrected chi connectivity index (χ0v) is 20.9. The molecule has 0 aliphatic rings. The van der Waals surface area contributed by atoms with Gasteiger partial charge < -0.3 is 14.4 Å². The number of pyridine rings is 1. The number of allylic oxidation sites excluding steroid dienone is 2. The number of anilines is 1. The van der Waals surface area contributed by atoms with E-state index in [4.69, 9.17) is 13.9 Å². The van der Waals surface area contributed by atoms with Crippen molar-refractivity contribution in [2.75, 3.05) is 19.2 Å². The summed E-state index contributed by atoms with van der Waals surface area (Å²) >= 11 is 0. The summed E-state index contributed by atoms with van der Waals surface area (Å²) < 4.78 is 31.1. The van der Waals surface area contributed by atoms with Gasteiger partial charge in [-0.2, -0.15) is 4.62 Å². The first-order valence-electron chi connectivity index (χ1n) is 10.5. The number of nitrogens with one attached hydrogen (secondary N) is 1. The van der Waals surface area contributed by atoms with Gasteiger partial charge in [-0.25, -0.2) is 9.55 Å².